The summed E-state index contributed by atoms with van der Waals surface area (Å²) in [6.07, 6.45) is 6.28. The molecule has 2 aromatic rings. The highest BCUT2D eigenvalue weighted by atomic mass is 16.1. The summed E-state index contributed by atoms with van der Waals surface area (Å²) in [5.74, 6) is 2.27. The van der Waals surface area contributed by atoms with E-state index in [1.54, 1.807) is 0 Å². The Morgan fingerprint density at radius 2 is 1.95 bits per heavy atom. The molecular formula is C17H17NO. The molecule has 1 heterocycles. The third kappa shape index (κ3) is 1.78. The van der Waals surface area contributed by atoms with E-state index in [1.807, 2.05) is 30.5 Å². The number of hydrogen-bond acceptors (Lipinski definition) is 2. The fourth-order valence-corrected chi connectivity index (χ4v) is 3.91. The highest BCUT2D eigenvalue weighted by Gasteiger charge is 2.55. The SMILES string of the molecule is O=C(Cc1ccnc2ccccc12)C1C2CCCC21. The summed E-state index contributed by atoms with van der Waals surface area (Å²) >= 11 is 0. The first-order valence-corrected chi connectivity index (χ1v) is 7.20. The Bertz CT molecular complexity index is 633. The van der Waals surface area contributed by atoms with Crippen molar-refractivity contribution in [2.75, 3.05) is 0 Å². The molecule has 0 spiro atoms. The Morgan fingerprint density at radius 3 is 2.79 bits per heavy atom. The molecule has 2 nitrogen and oxygen atoms in total. The van der Waals surface area contributed by atoms with Gasteiger partial charge in [0, 0.05) is 23.9 Å². The lowest BCUT2D eigenvalue weighted by Crippen LogP contribution is -2.09. The molecule has 1 aromatic carbocycles. The maximum absolute atomic E-state index is 12.4. The lowest BCUT2D eigenvalue weighted by molar-refractivity contribution is -0.120. The van der Waals surface area contributed by atoms with Crippen LogP contribution in [-0.4, -0.2) is 10.8 Å². The maximum atomic E-state index is 12.4. The van der Waals surface area contributed by atoms with Gasteiger partial charge in [-0.1, -0.05) is 24.6 Å². The minimum Gasteiger partial charge on any atom is -0.299 e. The monoisotopic (exact) mass is 251 g/mol. The zero-order valence-electron chi connectivity index (χ0n) is 10.9. The number of rotatable bonds is 3. The molecule has 96 valence electrons. The average molecular weight is 251 g/mol. The second kappa shape index (κ2) is 4.16. The molecular weight excluding hydrogens is 234 g/mol. The minimum absolute atomic E-state index is 0.376. The summed E-state index contributed by atoms with van der Waals surface area (Å²) in [5, 5.41) is 1.13. The van der Waals surface area contributed by atoms with E-state index in [0.717, 1.165) is 28.3 Å². The van der Waals surface area contributed by atoms with Crippen molar-refractivity contribution in [3.63, 3.8) is 0 Å². The molecule has 2 fully saturated rings. The second-order valence-electron chi connectivity index (χ2n) is 5.91. The lowest BCUT2D eigenvalue weighted by Gasteiger charge is -2.06. The largest absolute Gasteiger partial charge is 0.299 e. The molecule has 2 atom stereocenters. The number of fused-ring (bicyclic) bond motifs is 2. The minimum atomic E-state index is 0.376. The van der Waals surface area contributed by atoms with E-state index in [4.69, 9.17) is 0 Å². The molecule has 19 heavy (non-hydrogen) atoms. The molecule has 0 radical (unpaired) electrons. The van der Waals surface area contributed by atoms with E-state index in [-0.39, 0.29) is 0 Å². The number of aromatic nitrogens is 1. The summed E-state index contributed by atoms with van der Waals surface area (Å²) in [5.41, 5.74) is 2.13. The van der Waals surface area contributed by atoms with Crippen LogP contribution in [0.5, 0.6) is 0 Å². The van der Waals surface area contributed by atoms with Crippen molar-refractivity contribution < 1.29 is 4.79 Å². The van der Waals surface area contributed by atoms with Crippen molar-refractivity contribution in [1.82, 2.24) is 4.98 Å². The van der Waals surface area contributed by atoms with Gasteiger partial charge in [-0.3, -0.25) is 9.78 Å². The fraction of sp³-hybridized carbons (Fsp3) is 0.412. The average Bonchev–Trinajstić information content (AvgIpc) is 2.93. The number of carbonyl (C=O) groups excluding carboxylic acids is 1. The molecule has 2 unspecified atom stereocenters. The quantitative estimate of drug-likeness (QED) is 0.837. The van der Waals surface area contributed by atoms with Crippen LogP contribution in [-0.2, 0) is 11.2 Å². The van der Waals surface area contributed by atoms with Gasteiger partial charge in [-0.25, -0.2) is 0 Å². The Kier molecular flexibility index (Phi) is 2.44. The summed E-state index contributed by atoms with van der Waals surface area (Å²) in [6.45, 7) is 0. The number of hydrogen-bond donors (Lipinski definition) is 0. The van der Waals surface area contributed by atoms with Gasteiger partial charge in [0.25, 0.3) is 0 Å². The zero-order valence-corrected chi connectivity index (χ0v) is 10.9. The van der Waals surface area contributed by atoms with Gasteiger partial charge in [0.1, 0.15) is 5.78 Å². The molecule has 1 aromatic heterocycles. The van der Waals surface area contributed by atoms with E-state index in [1.165, 1.54) is 19.3 Å². The van der Waals surface area contributed by atoms with Crippen LogP contribution in [0.25, 0.3) is 10.9 Å². The number of Topliss-reactive ketones (excluding diaryl/α,β-unsaturated/α-hetero) is 1. The number of carbonyl (C=O) groups is 1. The fourth-order valence-electron chi connectivity index (χ4n) is 3.91. The molecule has 0 saturated heterocycles. The van der Waals surface area contributed by atoms with Gasteiger partial charge in [0.2, 0.25) is 0 Å². The first kappa shape index (κ1) is 11.2. The first-order valence-electron chi connectivity index (χ1n) is 7.20. The predicted molar refractivity (Wildman–Crippen MR) is 74.8 cm³/mol. The molecule has 2 aliphatic rings. The van der Waals surface area contributed by atoms with Gasteiger partial charge in [0.15, 0.2) is 0 Å². The Balaban J connectivity index is 1.60. The van der Waals surface area contributed by atoms with Gasteiger partial charge < -0.3 is 0 Å². The van der Waals surface area contributed by atoms with Crippen molar-refractivity contribution in [2.45, 2.75) is 25.7 Å². The van der Waals surface area contributed by atoms with Crippen molar-refractivity contribution in [2.24, 2.45) is 17.8 Å². The number of pyridine rings is 1. The standard InChI is InChI=1S/C17H17NO/c19-16(17-13-5-3-6-14(13)17)10-11-8-9-18-15-7-2-1-4-12(11)15/h1-2,4,7-9,13-14,17H,3,5-6,10H2. The first-order chi connectivity index (χ1) is 9.34. The number of para-hydroxylation sites is 1. The molecule has 2 heteroatoms. The third-order valence-electron chi connectivity index (χ3n) is 4.88. The van der Waals surface area contributed by atoms with Crippen molar-refractivity contribution in [3.8, 4) is 0 Å². The third-order valence-corrected chi connectivity index (χ3v) is 4.88. The molecule has 2 saturated carbocycles. The molecule has 2 aliphatic carbocycles. The lowest BCUT2D eigenvalue weighted by atomic mass is 9.99. The highest BCUT2D eigenvalue weighted by molar-refractivity contribution is 5.91. The summed E-state index contributed by atoms with van der Waals surface area (Å²) in [6, 6.07) is 10.1. The van der Waals surface area contributed by atoms with E-state index >= 15 is 0 Å². The van der Waals surface area contributed by atoms with Crippen LogP contribution in [0.2, 0.25) is 0 Å². The topological polar surface area (TPSA) is 30.0 Å². The van der Waals surface area contributed by atoms with Crippen LogP contribution in [0.1, 0.15) is 24.8 Å². The Hall–Kier alpha value is -1.70. The zero-order chi connectivity index (χ0) is 12.8. The molecule has 0 amide bonds. The number of ketones is 1. The second-order valence-corrected chi connectivity index (χ2v) is 5.91. The Morgan fingerprint density at radius 1 is 1.16 bits per heavy atom. The number of benzene rings is 1. The van der Waals surface area contributed by atoms with Gasteiger partial charge in [0.05, 0.1) is 5.52 Å². The van der Waals surface area contributed by atoms with Crippen molar-refractivity contribution >= 4 is 16.7 Å². The van der Waals surface area contributed by atoms with E-state index in [9.17, 15) is 4.79 Å². The van der Waals surface area contributed by atoms with Crippen LogP contribution in [0.3, 0.4) is 0 Å². The van der Waals surface area contributed by atoms with Gasteiger partial charge in [-0.05, 0) is 42.4 Å². The Labute approximate surface area is 112 Å². The normalized spacial score (nSPS) is 28.3. The smallest absolute Gasteiger partial charge is 0.140 e. The predicted octanol–water partition coefficient (Wildman–Crippen LogP) is 3.39. The van der Waals surface area contributed by atoms with Crippen molar-refractivity contribution in [1.29, 1.82) is 0 Å². The highest BCUT2D eigenvalue weighted by Crippen LogP contribution is 2.58. The van der Waals surface area contributed by atoms with Crippen LogP contribution in [0.15, 0.2) is 36.5 Å². The molecule has 0 aliphatic heterocycles. The van der Waals surface area contributed by atoms with Crippen LogP contribution < -0.4 is 0 Å². The van der Waals surface area contributed by atoms with Crippen LogP contribution >= 0.6 is 0 Å². The number of nitrogens with zero attached hydrogens (tertiary/aromatic N) is 1. The van der Waals surface area contributed by atoms with Gasteiger partial charge >= 0.3 is 0 Å². The van der Waals surface area contributed by atoms with Gasteiger partial charge in [-0.2, -0.15) is 0 Å². The van der Waals surface area contributed by atoms with Crippen molar-refractivity contribution in [3.05, 3.63) is 42.1 Å². The van der Waals surface area contributed by atoms with Crippen LogP contribution in [0.4, 0.5) is 0 Å². The molecule has 0 N–H and O–H groups in total. The summed E-state index contributed by atoms with van der Waals surface area (Å²) in [7, 11) is 0. The summed E-state index contributed by atoms with van der Waals surface area (Å²) in [4.78, 5) is 16.8. The van der Waals surface area contributed by atoms with Gasteiger partial charge in [-0.15, -0.1) is 0 Å². The molecule has 4 rings (SSSR count). The van der Waals surface area contributed by atoms with E-state index < -0.39 is 0 Å². The maximum Gasteiger partial charge on any atom is 0.140 e. The summed E-state index contributed by atoms with van der Waals surface area (Å²) < 4.78 is 0. The van der Waals surface area contributed by atoms with Crippen LogP contribution in [0, 0.1) is 17.8 Å². The van der Waals surface area contributed by atoms with E-state index in [0.29, 0.717) is 18.1 Å². The molecule has 0 bridgehead atoms. The van der Waals surface area contributed by atoms with E-state index in [2.05, 4.69) is 11.1 Å².